The molecular formula is C33H33N. The lowest BCUT2D eigenvalue weighted by Crippen LogP contribution is -2.36. The van der Waals surface area contributed by atoms with E-state index in [-0.39, 0.29) is 16.2 Å². The normalized spacial score (nSPS) is 17.8. The Hall–Kier alpha value is -3.32. The van der Waals surface area contributed by atoms with E-state index in [2.05, 4.69) is 132 Å². The molecule has 4 aromatic rings. The van der Waals surface area contributed by atoms with Crippen LogP contribution < -0.4 is 5.32 Å². The summed E-state index contributed by atoms with van der Waals surface area (Å²) in [6.45, 7) is 14.1. The van der Waals surface area contributed by atoms with Gasteiger partial charge < -0.3 is 5.32 Å². The fraction of sp³-hybridized carbons (Fsp3) is 0.273. The highest BCUT2D eigenvalue weighted by atomic mass is 14.9. The first kappa shape index (κ1) is 21.2. The highest BCUT2D eigenvalue weighted by molar-refractivity contribution is 5.91. The molecule has 0 aliphatic heterocycles. The highest BCUT2D eigenvalue weighted by Gasteiger charge is 2.41. The fourth-order valence-electron chi connectivity index (χ4n) is 6.56. The molecule has 0 heterocycles. The Morgan fingerprint density at radius 2 is 1.00 bits per heavy atom. The number of hydrogen-bond acceptors (Lipinski definition) is 1. The maximum atomic E-state index is 3.82. The Kier molecular flexibility index (Phi) is 4.28. The Morgan fingerprint density at radius 3 is 1.71 bits per heavy atom. The predicted molar refractivity (Wildman–Crippen MR) is 144 cm³/mol. The molecule has 6 rings (SSSR count). The SMILES string of the molecule is CC1(C)c2ccccc2C(C)(C)c2cc(Nc3cccc4c3-c3ccccc3C4(C)C)ccc21. The third-order valence-corrected chi connectivity index (χ3v) is 8.53. The third kappa shape index (κ3) is 2.73. The number of benzene rings is 4. The van der Waals surface area contributed by atoms with E-state index < -0.39 is 0 Å². The Morgan fingerprint density at radius 1 is 0.471 bits per heavy atom. The molecule has 0 unspecified atom stereocenters. The van der Waals surface area contributed by atoms with Crippen molar-refractivity contribution in [2.45, 2.75) is 57.8 Å². The molecule has 0 bridgehead atoms. The van der Waals surface area contributed by atoms with Gasteiger partial charge in [0.15, 0.2) is 0 Å². The summed E-state index contributed by atoms with van der Waals surface area (Å²) in [6.07, 6.45) is 0. The van der Waals surface area contributed by atoms with Crippen LogP contribution in [-0.2, 0) is 16.2 Å². The minimum absolute atomic E-state index is 0.00912. The van der Waals surface area contributed by atoms with Crippen LogP contribution in [0.15, 0.2) is 84.9 Å². The zero-order chi connectivity index (χ0) is 23.9. The van der Waals surface area contributed by atoms with E-state index in [1.54, 1.807) is 0 Å². The highest BCUT2D eigenvalue weighted by Crippen LogP contribution is 2.53. The van der Waals surface area contributed by atoms with Crippen molar-refractivity contribution in [3.05, 3.63) is 118 Å². The van der Waals surface area contributed by atoms with Gasteiger partial charge in [0.25, 0.3) is 0 Å². The van der Waals surface area contributed by atoms with Crippen molar-refractivity contribution in [1.29, 1.82) is 0 Å². The standard InChI is InChI=1S/C33H33N/c1-31(2)23-13-8-7-12-22(23)30-27(31)16-11-17-29(30)34-21-18-19-26-28(20-21)33(5,6)25-15-10-9-14-24(25)32(26,3)4/h7-20,34H,1-6H3. The van der Waals surface area contributed by atoms with Gasteiger partial charge >= 0.3 is 0 Å². The van der Waals surface area contributed by atoms with Gasteiger partial charge in [-0.3, -0.25) is 0 Å². The molecule has 0 spiro atoms. The molecule has 1 heteroatoms. The lowest BCUT2D eigenvalue weighted by molar-refractivity contribution is 0.521. The number of anilines is 2. The molecule has 0 atom stereocenters. The van der Waals surface area contributed by atoms with Crippen molar-refractivity contribution in [2.75, 3.05) is 5.32 Å². The summed E-state index contributed by atoms with van der Waals surface area (Å²) in [7, 11) is 0. The van der Waals surface area contributed by atoms with Crippen LogP contribution in [0.5, 0.6) is 0 Å². The van der Waals surface area contributed by atoms with E-state index in [4.69, 9.17) is 0 Å². The topological polar surface area (TPSA) is 12.0 Å². The van der Waals surface area contributed by atoms with Crippen LogP contribution in [0.1, 0.15) is 74.9 Å². The lowest BCUT2D eigenvalue weighted by Gasteiger charge is -2.44. The Labute approximate surface area is 203 Å². The number of fused-ring (bicyclic) bond motifs is 5. The smallest absolute Gasteiger partial charge is 0.0467 e. The van der Waals surface area contributed by atoms with Crippen LogP contribution in [0.25, 0.3) is 11.1 Å². The van der Waals surface area contributed by atoms with Crippen LogP contribution in [0.4, 0.5) is 11.4 Å². The molecule has 34 heavy (non-hydrogen) atoms. The maximum absolute atomic E-state index is 3.82. The number of rotatable bonds is 2. The summed E-state index contributed by atoms with van der Waals surface area (Å²) in [5.41, 5.74) is 13.5. The molecule has 0 saturated heterocycles. The summed E-state index contributed by atoms with van der Waals surface area (Å²) in [6, 6.07) is 31.5. The van der Waals surface area contributed by atoms with Crippen LogP contribution in [0.3, 0.4) is 0 Å². The molecular weight excluding hydrogens is 410 g/mol. The summed E-state index contributed by atoms with van der Waals surface area (Å²) in [4.78, 5) is 0. The van der Waals surface area contributed by atoms with Gasteiger partial charge in [0.1, 0.15) is 0 Å². The van der Waals surface area contributed by atoms with E-state index in [0.29, 0.717) is 0 Å². The molecule has 2 aliphatic rings. The quantitative estimate of drug-likeness (QED) is 0.327. The first-order valence-corrected chi connectivity index (χ1v) is 12.4. The Bertz CT molecular complexity index is 1450. The summed E-state index contributed by atoms with van der Waals surface area (Å²) < 4.78 is 0. The van der Waals surface area contributed by atoms with Gasteiger partial charge in [0, 0.05) is 33.2 Å². The molecule has 0 amide bonds. The zero-order valence-electron chi connectivity index (χ0n) is 21.1. The van der Waals surface area contributed by atoms with E-state index in [9.17, 15) is 0 Å². The van der Waals surface area contributed by atoms with Crippen LogP contribution >= 0.6 is 0 Å². The van der Waals surface area contributed by atoms with Crippen molar-refractivity contribution in [2.24, 2.45) is 0 Å². The second-order valence-electron chi connectivity index (χ2n) is 11.6. The van der Waals surface area contributed by atoms with Gasteiger partial charge in [-0.1, -0.05) is 108 Å². The second kappa shape index (κ2) is 6.85. The third-order valence-electron chi connectivity index (χ3n) is 8.53. The largest absolute Gasteiger partial charge is 0.355 e. The first-order valence-electron chi connectivity index (χ1n) is 12.4. The number of nitrogens with one attached hydrogen (secondary N) is 1. The Balaban J connectivity index is 1.48. The van der Waals surface area contributed by atoms with Crippen LogP contribution in [0, 0.1) is 0 Å². The molecule has 0 fully saturated rings. The van der Waals surface area contributed by atoms with Gasteiger partial charge in [-0.25, -0.2) is 0 Å². The van der Waals surface area contributed by atoms with E-state index in [0.717, 1.165) is 5.69 Å². The molecule has 1 N–H and O–H groups in total. The number of hydrogen-bond donors (Lipinski definition) is 1. The average Bonchev–Trinajstić information content (AvgIpc) is 3.06. The summed E-state index contributed by atoms with van der Waals surface area (Å²) in [5, 5.41) is 3.82. The van der Waals surface area contributed by atoms with Crippen molar-refractivity contribution in [3.8, 4) is 11.1 Å². The van der Waals surface area contributed by atoms with E-state index in [1.807, 2.05) is 0 Å². The molecule has 0 radical (unpaired) electrons. The first-order chi connectivity index (χ1) is 16.1. The van der Waals surface area contributed by atoms with E-state index >= 15 is 0 Å². The maximum Gasteiger partial charge on any atom is 0.0467 e. The lowest BCUT2D eigenvalue weighted by atomic mass is 9.60. The molecule has 1 nitrogen and oxygen atoms in total. The van der Waals surface area contributed by atoms with E-state index in [1.165, 1.54) is 50.2 Å². The van der Waals surface area contributed by atoms with Gasteiger partial charge in [0.05, 0.1) is 0 Å². The van der Waals surface area contributed by atoms with Crippen LogP contribution in [0.2, 0.25) is 0 Å². The van der Waals surface area contributed by atoms with Gasteiger partial charge in [0.2, 0.25) is 0 Å². The summed E-state index contributed by atoms with van der Waals surface area (Å²) >= 11 is 0. The van der Waals surface area contributed by atoms with Crippen molar-refractivity contribution >= 4 is 11.4 Å². The molecule has 2 aliphatic carbocycles. The van der Waals surface area contributed by atoms with Gasteiger partial charge in [-0.2, -0.15) is 0 Å². The molecule has 0 saturated carbocycles. The van der Waals surface area contributed by atoms with Crippen LogP contribution in [-0.4, -0.2) is 0 Å². The van der Waals surface area contributed by atoms with Gasteiger partial charge in [-0.15, -0.1) is 0 Å². The van der Waals surface area contributed by atoms with Crippen molar-refractivity contribution in [3.63, 3.8) is 0 Å². The minimum atomic E-state index is -0.0492. The molecule has 170 valence electrons. The van der Waals surface area contributed by atoms with Crippen molar-refractivity contribution < 1.29 is 0 Å². The van der Waals surface area contributed by atoms with Crippen molar-refractivity contribution in [1.82, 2.24) is 0 Å². The minimum Gasteiger partial charge on any atom is -0.355 e. The molecule has 0 aromatic heterocycles. The zero-order valence-corrected chi connectivity index (χ0v) is 21.1. The average molecular weight is 444 g/mol. The monoisotopic (exact) mass is 443 g/mol. The summed E-state index contributed by atoms with van der Waals surface area (Å²) in [5.74, 6) is 0. The second-order valence-corrected chi connectivity index (χ2v) is 11.6. The molecule has 4 aromatic carbocycles. The van der Waals surface area contributed by atoms with Gasteiger partial charge in [-0.05, 0) is 57.1 Å². The fourth-order valence-corrected chi connectivity index (χ4v) is 6.56. The predicted octanol–water partition coefficient (Wildman–Crippen LogP) is 8.70.